The zero-order chi connectivity index (χ0) is 11.5. The van der Waals surface area contributed by atoms with Crippen LogP contribution in [0.25, 0.3) is 0 Å². The molecule has 0 saturated heterocycles. The van der Waals surface area contributed by atoms with Gasteiger partial charge in [-0.05, 0) is 35.9 Å². The van der Waals surface area contributed by atoms with Crippen LogP contribution in [0.2, 0.25) is 0 Å². The van der Waals surface area contributed by atoms with Gasteiger partial charge in [0.05, 0.1) is 5.56 Å². The van der Waals surface area contributed by atoms with E-state index in [1.54, 1.807) is 0 Å². The molecule has 1 rings (SSSR count). The summed E-state index contributed by atoms with van der Waals surface area (Å²) in [5, 5.41) is 0. The summed E-state index contributed by atoms with van der Waals surface area (Å²) < 4.78 is 37.5. The van der Waals surface area contributed by atoms with Crippen LogP contribution < -0.4 is 0 Å². The van der Waals surface area contributed by atoms with Crippen molar-refractivity contribution >= 4 is 11.8 Å². The Morgan fingerprint density at radius 3 is 2.27 bits per heavy atom. The molecule has 0 radical (unpaired) electrons. The van der Waals surface area contributed by atoms with E-state index in [1.165, 1.54) is 23.9 Å². The minimum absolute atomic E-state index is 0.544. The number of hydrogen-bond donors (Lipinski definition) is 0. The van der Waals surface area contributed by atoms with Gasteiger partial charge in [0.25, 0.3) is 0 Å². The Balaban J connectivity index is 3.11. The largest absolute Gasteiger partial charge is 0.416 e. The first kappa shape index (κ1) is 12.4. The molecule has 84 valence electrons. The van der Waals surface area contributed by atoms with Gasteiger partial charge in [0.15, 0.2) is 0 Å². The van der Waals surface area contributed by atoms with Gasteiger partial charge in [-0.2, -0.15) is 13.2 Å². The molecule has 0 nitrogen and oxygen atoms in total. The lowest BCUT2D eigenvalue weighted by Crippen LogP contribution is -2.05. The zero-order valence-corrected chi connectivity index (χ0v) is 9.50. The summed E-state index contributed by atoms with van der Waals surface area (Å²) in [6, 6.07) is 4.26. The molecular weight excluding hydrogens is 221 g/mol. The van der Waals surface area contributed by atoms with E-state index >= 15 is 0 Å². The second kappa shape index (κ2) is 4.92. The van der Waals surface area contributed by atoms with E-state index in [2.05, 4.69) is 0 Å². The Labute approximate surface area is 91.9 Å². The molecule has 0 atom stereocenters. The van der Waals surface area contributed by atoms with Crippen molar-refractivity contribution in [2.75, 3.05) is 5.75 Å². The molecule has 0 aliphatic rings. The molecule has 1 aromatic rings. The monoisotopic (exact) mass is 234 g/mol. The molecule has 0 fully saturated rings. The lowest BCUT2D eigenvalue weighted by atomic mass is 10.1. The predicted octanol–water partition coefficient (Wildman–Crippen LogP) is 4.38. The quantitative estimate of drug-likeness (QED) is 0.699. The summed E-state index contributed by atoms with van der Waals surface area (Å²) in [6.45, 7) is 3.78. The van der Waals surface area contributed by atoms with Crippen LogP contribution in [0.1, 0.15) is 25.0 Å². The number of aryl methyl sites for hydroxylation is 1. The van der Waals surface area contributed by atoms with Crippen LogP contribution in [0, 0.1) is 0 Å². The summed E-state index contributed by atoms with van der Waals surface area (Å²) in [5.41, 5.74) is 0.193. The van der Waals surface area contributed by atoms with Crippen LogP contribution in [0.5, 0.6) is 0 Å². The molecule has 0 aliphatic carbocycles. The number of alkyl halides is 3. The summed E-state index contributed by atoms with van der Waals surface area (Å²) >= 11 is 1.44. The minimum atomic E-state index is -4.24. The van der Waals surface area contributed by atoms with Crippen molar-refractivity contribution < 1.29 is 13.2 Å². The van der Waals surface area contributed by atoms with Gasteiger partial charge in [-0.25, -0.2) is 0 Å². The van der Waals surface area contributed by atoms with Crippen molar-refractivity contribution in [3.63, 3.8) is 0 Å². The number of hydrogen-bond acceptors (Lipinski definition) is 1. The van der Waals surface area contributed by atoms with E-state index in [-0.39, 0.29) is 0 Å². The molecule has 0 aromatic heterocycles. The second-order valence-corrected chi connectivity index (χ2v) is 4.49. The molecule has 0 aliphatic heterocycles. The summed E-state index contributed by atoms with van der Waals surface area (Å²) in [6.07, 6.45) is -3.62. The average molecular weight is 234 g/mol. The molecule has 0 heterocycles. The Bertz CT molecular complexity index is 331. The Morgan fingerprint density at radius 2 is 1.80 bits per heavy atom. The maximum atomic E-state index is 12.5. The van der Waals surface area contributed by atoms with Crippen LogP contribution in [0.15, 0.2) is 23.1 Å². The van der Waals surface area contributed by atoms with E-state index in [0.717, 1.165) is 11.3 Å². The SMILES string of the molecule is CCSc1cc(CC)cc(C(F)(F)F)c1. The summed E-state index contributed by atoms with van der Waals surface area (Å²) in [4.78, 5) is 0.698. The molecular formula is C11H13F3S. The van der Waals surface area contributed by atoms with E-state index in [9.17, 15) is 13.2 Å². The molecule has 0 unspecified atom stereocenters. The van der Waals surface area contributed by atoms with Crippen LogP contribution in [-0.4, -0.2) is 5.75 Å². The van der Waals surface area contributed by atoms with E-state index < -0.39 is 11.7 Å². The number of benzene rings is 1. The maximum Gasteiger partial charge on any atom is 0.416 e. The van der Waals surface area contributed by atoms with Gasteiger partial charge in [0.1, 0.15) is 0 Å². The number of thioether (sulfide) groups is 1. The Hall–Kier alpha value is -0.640. The molecule has 0 bridgehead atoms. The van der Waals surface area contributed by atoms with E-state index in [1.807, 2.05) is 19.9 Å². The van der Waals surface area contributed by atoms with Crippen LogP contribution in [0.3, 0.4) is 0 Å². The summed E-state index contributed by atoms with van der Waals surface area (Å²) in [5.74, 6) is 0.782. The van der Waals surface area contributed by atoms with Gasteiger partial charge >= 0.3 is 6.18 Å². The standard InChI is InChI=1S/C11H13F3S/c1-3-8-5-9(11(12,13)14)7-10(6-8)15-4-2/h5-7H,3-4H2,1-2H3. The van der Waals surface area contributed by atoms with Crippen molar-refractivity contribution in [1.29, 1.82) is 0 Å². The van der Waals surface area contributed by atoms with Crippen LogP contribution >= 0.6 is 11.8 Å². The molecule has 15 heavy (non-hydrogen) atoms. The Morgan fingerprint density at radius 1 is 1.13 bits per heavy atom. The smallest absolute Gasteiger partial charge is 0.166 e. The Kier molecular flexibility index (Phi) is 4.08. The topological polar surface area (TPSA) is 0 Å². The molecule has 4 heteroatoms. The third kappa shape index (κ3) is 3.45. The summed E-state index contributed by atoms with van der Waals surface area (Å²) in [7, 11) is 0. The average Bonchev–Trinajstić information content (AvgIpc) is 2.16. The fourth-order valence-electron chi connectivity index (χ4n) is 1.28. The molecule has 1 aromatic carbocycles. The second-order valence-electron chi connectivity index (χ2n) is 3.15. The molecule has 0 spiro atoms. The molecule has 0 N–H and O–H groups in total. The minimum Gasteiger partial charge on any atom is -0.166 e. The van der Waals surface area contributed by atoms with Crippen molar-refractivity contribution in [3.05, 3.63) is 29.3 Å². The van der Waals surface area contributed by atoms with Crippen molar-refractivity contribution in [1.82, 2.24) is 0 Å². The zero-order valence-electron chi connectivity index (χ0n) is 8.69. The third-order valence-corrected chi connectivity index (χ3v) is 2.87. The first-order valence-electron chi connectivity index (χ1n) is 4.81. The van der Waals surface area contributed by atoms with E-state index in [0.29, 0.717) is 11.3 Å². The fraction of sp³-hybridized carbons (Fsp3) is 0.455. The highest BCUT2D eigenvalue weighted by Gasteiger charge is 2.30. The predicted molar refractivity (Wildman–Crippen MR) is 57.2 cm³/mol. The first-order valence-corrected chi connectivity index (χ1v) is 5.80. The van der Waals surface area contributed by atoms with E-state index in [4.69, 9.17) is 0 Å². The fourth-order valence-corrected chi connectivity index (χ4v) is 2.06. The van der Waals surface area contributed by atoms with Gasteiger partial charge in [-0.15, -0.1) is 11.8 Å². The van der Waals surface area contributed by atoms with Gasteiger partial charge in [-0.3, -0.25) is 0 Å². The highest BCUT2D eigenvalue weighted by Crippen LogP contribution is 2.33. The maximum absolute atomic E-state index is 12.5. The van der Waals surface area contributed by atoms with Gasteiger partial charge in [-0.1, -0.05) is 13.8 Å². The van der Waals surface area contributed by atoms with Crippen molar-refractivity contribution in [2.24, 2.45) is 0 Å². The number of rotatable bonds is 3. The van der Waals surface area contributed by atoms with Gasteiger partial charge in [0.2, 0.25) is 0 Å². The van der Waals surface area contributed by atoms with Crippen LogP contribution in [0.4, 0.5) is 13.2 Å². The molecule has 0 amide bonds. The lowest BCUT2D eigenvalue weighted by Gasteiger charge is -2.10. The number of halogens is 3. The highest BCUT2D eigenvalue weighted by atomic mass is 32.2. The van der Waals surface area contributed by atoms with Gasteiger partial charge in [0, 0.05) is 4.90 Å². The van der Waals surface area contributed by atoms with Crippen molar-refractivity contribution in [3.8, 4) is 0 Å². The van der Waals surface area contributed by atoms with Crippen molar-refractivity contribution in [2.45, 2.75) is 31.3 Å². The highest BCUT2D eigenvalue weighted by molar-refractivity contribution is 7.99. The molecule has 0 saturated carbocycles. The van der Waals surface area contributed by atoms with Crippen LogP contribution in [-0.2, 0) is 12.6 Å². The first-order chi connectivity index (χ1) is 6.97. The lowest BCUT2D eigenvalue weighted by molar-refractivity contribution is -0.137. The normalized spacial score (nSPS) is 11.8. The third-order valence-electron chi connectivity index (χ3n) is 2.01. The van der Waals surface area contributed by atoms with Gasteiger partial charge < -0.3 is 0 Å².